The van der Waals surface area contributed by atoms with Gasteiger partial charge in [0.05, 0.1) is 5.92 Å². The molecular weight excluding hydrogens is 357 g/mol. The Morgan fingerprint density at radius 1 is 1.19 bits per heavy atom. The smallest absolute Gasteiger partial charge is 0.425 e. The summed E-state index contributed by atoms with van der Waals surface area (Å²) in [4.78, 5) is 12.3. The fourth-order valence-electron chi connectivity index (χ4n) is 3.58. The third-order valence-corrected chi connectivity index (χ3v) is 5.19. The minimum absolute atomic E-state index is 0.158. The van der Waals surface area contributed by atoms with Crippen LogP contribution in [0.1, 0.15) is 69.4 Å². The minimum atomic E-state index is -4.53. The van der Waals surface area contributed by atoms with Gasteiger partial charge in [0.25, 0.3) is 0 Å². The molecule has 1 aromatic rings. The van der Waals surface area contributed by atoms with Gasteiger partial charge in [0.1, 0.15) is 5.75 Å². The lowest BCUT2D eigenvalue weighted by Crippen LogP contribution is -2.37. The summed E-state index contributed by atoms with van der Waals surface area (Å²) in [5, 5.41) is 9.51. The molecule has 152 valence electrons. The van der Waals surface area contributed by atoms with Gasteiger partial charge < -0.3 is 9.84 Å². The lowest BCUT2D eigenvalue weighted by molar-refractivity contribution is -0.225. The first-order valence-electron chi connectivity index (χ1n) is 9.89. The largest absolute Gasteiger partial charge is 0.508 e. The molecule has 0 radical (unpaired) electrons. The first-order chi connectivity index (χ1) is 12.8. The van der Waals surface area contributed by atoms with Crippen molar-refractivity contribution in [1.29, 1.82) is 0 Å². The van der Waals surface area contributed by atoms with E-state index in [0.29, 0.717) is 25.7 Å². The number of halogens is 3. The van der Waals surface area contributed by atoms with E-state index in [9.17, 15) is 23.1 Å². The number of phenols is 1. The summed E-state index contributed by atoms with van der Waals surface area (Å²) >= 11 is 0. The van der Waals surface area contributed by atoms with Crippen molar-refractivity contribution in [3.63, 3.8) is 0 Å². The molecule has 27 heavy (non-hydrogen) atoms. The Morgan fingerprint density at radius 2 is 1.89 bits per heavy atom. The number of ether oxygens (including phenoxy) is 1. The van der Waals surface area contributed by atoms with Crippen molar-refractivity contribution in [2.24, 2.45) is 5.92 Å². The maximum Gasteiger partial charge on any atom is 0.425 e. The standard InChI is InChI=1S/C21H29F3O3/c1-2-3-4-5-6-7-8-19(21(22,23)24)27-20(26)17-10-9-16-14-18(25)12-11-15(16)13-17/h11-12,14,17,19,25H,2-10,13H2,1H3/t17?,19-/m1/s1. The van der Waals surface area contributed by atoms with Gasteiger partial charge >= 0.3 is 12.1 Å². The molecule has 1 aliphatic carbocycles. The highest BCUT2D eigenvalue weighted by molar-refractivity contribution is 5.73. The Bertz CT molecular complexity index is 613. The number of hydrogen-bond donors (Lipinski definition) is 1. The second-order valence-electron chi connectivity index (χ2n) is 7.42. The van der Waals surface area contributed by atoms with Crippen molar-refractivity contribution in [3.05, 3.63) is 29.3 Å². The molecule has 0 spiro atoms. The maximum atomic E-state index is 13.3. The molecule has 1 aliphatic rings. The molecule has 1 N–H and O–H groups in total. The number of hydrogen-bond acceptors (Lipinski definition) is 3. The molecule has 3 nitrogen and oxygen atoms in total. The van der Waals surface area contributed by atoms with Crippen LogP contribution in [0.3, 0.4) is 0 Å². The predicted molar refractivity (Wildman–Crippen MR) is 97.5 cm³/mol. The van der Waals surface area contributed by atoms with Crippen LogP contribution >= 0.6 is 0 Å². The van der Waals surface area contributed by atoms with E-state index in [1.165, 1.54) is 6.07 Å². The predicted octanol–water partition coefficient (Wildman–Crippen LogP) is 5.72. The van der Waals surface area contributed by atoms with E-state index in [2.05, 4.69) is 6.92 Å². The molecule has 6 heteroatoms. The van der Waals surface area contributed by atoms with Crippen LogP contribution in [0.4, 0.5) is 13.2 Å². The summed E-state index contributed by atoms with van der Waals surface area (Å²) in [6.07, 6.45) is -0.0926. The van der Waals surface area contributed by atoms with Crippen LogP contribution < -0.4 is 0 Å². The number of rotatable bonds is 9. The summed E-state index contributed by atoms with van der Waals surface area (Å²) in [5.41, 5.74) is 1.83. The van der Waals surface area contributed by atoms with E-state index in [-0.39, 0.29) is 12.2 Å². The number of aromatic hydroxyl groups is 1. The Morgan fingerprint density at radius 3 is 2.59 bits per heavy atom. The summed E-state index contributed by atoms with van der Waals surface area (Å²) in [6, 6.07) is 4.90. The third kappa shape index (κ3) is 6.74. The summed E-state index contributed by atoms with van der Waals surface area (Å²) in [7, 11) is 0. The Hall–Kier alpha value is -1.72. The van der Waals surface area contributed by atoms with Gasteiger partial charge in [-0.15, -0.1) is 0 Å². The SMILES string of the molecule is CCCCCCCC[C@@H](OC(=O)C1CCc2cc(O)ccc2C1)C(F)(F)F. The van der Waals surface area contributed by atoms with E-state index < -0.39 is 24.2 Å². The average molecular weight is 386 g/mol. The van der Waals surface area contributed by atoms with E-state index >= 15 is 0 Å². The van der Waals surface area contributed by atoms with Gasteiger partial charge in [-0.25, -0.2) is 0 Å². The number of carbonyl (C=O) groups is 1. The van der Waals surface area contributed by atoms with Crippen LogP contribution in [0.5, 0.6) is 5.75 Å². The molecule has 2 rings (SSSR count). The first kappa shape index (κ1) is 21.6. The Balaban J connectivity index is 1.87. The zero-order valence-corrected chi connectivity index (χ0v) is 15.9. The number of unbranched alkanes of at least 4 members (excludes halogenated alkanes) is 5. The van der Waals surface area contributed by atoms with Gasteiger partial charge in [-0.05, 0) is 55.4 Å². The number of phenolic OH excluding ortho intramolecular Hbond substituents is 1. The van der Waals surface area contributed by atoms with Crippen LogP contribution in [-0.2, 0) is 22.4 Å². The quantitative estimate of drug-likeness (QED) is 0.436. The van der Waals surface area contributed by atoms with Crippen LogP contribution in [0.15, 0.2) is 18.2 Å². The fourth-order valence-corrected chi connectivity index (χ4v) is 3.58. The summed E-state index contributed by atoms with van der Waals surface area (Å²) in [6.45, 7) is 2.09. The van der Waals surface area contributed by atoms with Gasteiger partial charge in [0.2, 0.25) is 0 Å². The molecule has 0 amide bonds. The highest BCUT2D eigenvalue weighted by atomic mass is 19.4. The van der Waals surface area contributed by atoms with Crippen LogP contribution in [0.25, 0.3) is 0 Å². The first-order valence-corrected chi connectivity index (χ1v) is 9.89. The number of benzene rings is 1. The third-order valence-electron chi connectivity index (χ3n) is 5.19. The van der Waals surface area contributed by atoms with Gasteiger partial charge in [-0.3, -0.25) is 4.79 Å². The fraction of sp³-hybridized carbons (Fsp3) is 0.667. The topological polar surface area (TPSA) is 46.5 Å². The molecule has 2 atom stereocenters. The highest BCUT2D eigenvalue weighted by Crippen LogP contribution is 2.32. The number of alkyl halides is 3. The van der Waals surface area contributed by atoms with Gasteiger partial charge in [0.15, 0.2) is 6.10 Å². The monoisotopic (exact) mass is 386 g/mol. The van der Waals surface area contributed by atoms with Crippen LogP contribution in [0, 0.1) is 5.92 Å². The van der Waals surface area contributed by atoms with Crippen molar-refractivity contribution in [1.82, 2.24) is 0 Å². The number of esters is 1. The van der Waals surface area contributed by atoms with Gasteiger partial charge in [-0.2, -0.15) is 13.2 Å². The molecule has 0 saturated heterocycles. The van der Waals surface area contributed by atoms with Crippen molar-refractivity contribution in [3.8, 4) is 5.75 Å². The van der Waals surface area contributed by atoms with E-state index in [1.54, 1.807) is 12.1 Å². The van der Waals surface area contributed by atoms with Gasteiger partial charge in [0, 0.05) is 0 Å². The second kappa shape index (κ2) is 10.00. The van der Waals surface area contributed by atoms with E-state index in [4.69, 9.17) is 4.74 Å². The number of aryl methyl sites for hydroxylation is 1. The van der Waals surface area contributed by atoms with E-state index in [1.807, 2.05) is 0 Å². The van der Waals surface area contributed by atoms with Crippen molar-refractivity contribution in [2.75, 3.05) is 0 Å². The molecule has 0 aromatic heterocycles. The second-order valence-corrected chi connectivity index (χ2v) is 7.42. The van der Waals surface area contributed by atoms with Gasteiger partial charge in [-0.1, -0.05) is 45.1 Å². The number of fused-ring (bicyclic) bond motifs is 1. The summed E-state index contributed by atoms with van der Waals surface area (Å²) in [5.74, 6) is -1.16. The molecule has 1 unspecified atom stereocenters. The molecule has 0 saturated carbocycles. The molecule has 0 fully saturated rings. The van der Waals surface area contributed by atoms with Crippen molar-refractivity contribution < 1.29 is 27.8 Å². The highest BCUT2D eigenvalue weighted by Gasteiger charge is 2.43. The maximum absolute atomic E-state index is 13.3. The molecule has 0 aliphatic heterocycles. The van der Waals surface area contributed by atoms with Crippen molar-refractivity contribution in [2.45, 2.75) is 83.4 Å². The summed E-state index contributed by atoms with van der Waals surface area (Å²) < 4.78 is 44.7. The van der Waals surface area contributed by atoms with Crippen LogP contribution in [0.2, 0.25) is 0 Å². The molecular formula is C21H29F3O3. The average Bonchev–Trinajstić information content (AvgIpc) is 2.62. The minimum Gasteiger partial charge on any atom is -0.508 e. The molecule has 0 bridgehead atoms. The number of carbonyl (C=O) groups excluding carboxylic acids is 1. The Labute approximate surface area is 158 Å². The van der Waals surface area contributed by atoms with Crippen LogP contribution in [-0.4, -0.2) is 23.4 Å². The lowest BCUT2D eigenvalue weighted by Gasteiger charge is -2.27. The molecule has 1 aromatic carbocycles. The Kier molecular flexibility index (Phi) is 7.99. The van der Waals surface area contributed by atoms with Crippen molar-refractivity contribution >= 4 is 5.97 Å². The molecule has 0 heterocycles. The zero-order valence-electron chi connectivity index (χ0n) is 15.9. The van der Waals surface area contributed by atoms with E-state index in [0.717, 1.165) is 43.2 Å². The normalized spacial score (nSPS) is 18.0. The zero-order chi connectivity index (χ0) is 19.9. The lowest BCUT2D eigenvalue weighted by atomic mass is 9.84.